The van der Waals surface area contributed by atoms with Crippen LogP contribution in [0.2, 0.25) is 0 Å². The number of nitrogens with one attached hydrogen (secondary N) is 1. The maximum atomic E-state index is 13.3. The number of carbonyl (C=O) groups excluding carboxylic acids is 2. The van der Waals surface area contributed by atoms with Gasteiger partial charge in [-0.1, -0.05) is 0 Å². The van der Waals surface area contributed by atoms with Crippen molar-refractivity contribution in [3.63, 3.8) is 0 Å². The highest BCUT2D eigenvalue weighted by molar-refractivity contribution is 7.16. The average molecular weight is 481 g/mol. The molecule has 1 aromatic heterocycles. The number of nitrogens with zero attached hydrogens (tertiary/aromatic N) is 3. The van der Waals surface area contributed by atoms with Crippen LogP contribution in [-0.2, 0) is 11.2 Å². The Kier molecular flexibility index (Phi) is 6.19. The first-order valence-electron chi connectivity index (χ1n) is 11.3. The predicted octanol–water partition coefficient (Wildman–Crippen LogP) is 3.92. The molecule has 0 bridgehead atoms. The summed E-state index contributed by atoms with van der Waals surface area (Å²) in [5, 5.41) is 3.38. The Hall–Kier alpha value is -3.46. The van der Waals surface area contributed by atoms with Crippen LogP contribution in [0.5, 0.6) is 5.75 Å². The van der Waals surface area contributed by atoms with Crippen molar-refractivity contribution in [2.45, 2.75) is 18.8 Å². The number of aromatic nitrogens is 1. The van der Waals surface area contributed by atoms with Gasteiger partial charge in [-0.15, -0.1) is 11.3 Å². The van der Waals surface area contributed by atoms with E-state index in [4.69, 9.17) is 4.74 Å². The van der Waals surface area contributed by atoms with Crippen molar-refractivity contribution in [3.8, 4) is 5.75 Å². The fraction of sp³-hybridized carbons (Fsp3) is 0.320. The van der Waals surface area contributed by atoms with E-state index in [1.807, 2.05) is 4.90 Å². The second kappa shape index (κ2) is 9.42. The highest BCUT2D eigenvalue weighted by Gasteiger charge is 2.36. The number of benzene rings is 2. The average Bonchev–Trinajstić information content (AvgIpc) is 3.44. The molecule has 9 heteroatoms. The lowest BCUT2D eigenvalue weighted by atomic mass is 10.1. The van der Waals surface area contributed by atoms with Crippen LogP contribution < -0.4 is 15.0 Å². The van der Waals surface area contributed by atoms with Gasteiger partial charge in [-0.25, -0.2) is 9.37 Å². The summed E-state index contributed by atoms with van der Waals surface area (Å²) >= 11 is 1.44. The summed E-state index contributed by atoms with van der Waals surface area (Å²) in [7, 11) is 1.58. The monoisotopic (exact) mass is 480 g/mol. The van der Waals surface area contributed by atoms with E-state index in [1.54, 1.807) is 43.5 Å². The lowest BCUT2D eigenvalue weighted by Gasteiger charge is -2.37. The lowest BCUT2D eigenvalue weighted by Crippen LogP contribution is -2.50. The number of methoxy groups -OCH3 is 1. The molecule has 1 unspecified atom stereocenters. The summed E-state index contributed by atoms with van der Waals surface area (Å²) in [6.07, 6.45) is 1.54. The number of halogens is 1. The topological polar surface area (TPSA) is 74.8 Å². The van der Waals surface area contributed by atoms with Crippen molar-refractivity contribution in [2.75, 3.05) is 43.5 Å². The molecule has 1 fully saturated rings. The molecular formula is C25H25FN4O3S. The normalized spacial score (nSPS) is 17.4. The van der Waals surface area contributed by atoms with Gasteiger partial charge in [0.2, 0.25) is 5.91 Å². The van der Waals surface area contributed by atoms with E-state index in [-0.39, 0.29) is 23.5 Å². The predicted molar refractivity (Wildman–Crippen MR) is 129 cm³/mol. The Morgan fingerprint density at radius 3 is 2.44 bits per heavy atom. The van der Waals surface area contributed by atoms with Gasteiger partial charge in [0.25, 0.3) is 5.91 Å². The summed E-state index contributed by atoms with van der Waals surface area (Å²) in [6.45, 7) is 2.65. The van der Waals surface area contributed by atoms with E-state index >= 15 is 0 Å². The molecule has 0 saturated carbocycles. The Morgan fingerprint density at radius 1 is 1.06 bits per heavy atom. The molecule has 7 nitrogen and oxygen atoms in total. The molecular weight excluding hydrogens is 455 g/mol. The van der Waals surface area contributed by atoms with Crippen molar-refractivity contribution >= 4 is 34.0 Å². The number of hydrogen-bond donors (Lipinski definition) is 1. The number of piperazine rings is 1. The SMILES string of the molecule is COc1ccc(C(=O)Nc2nc3c(s2)CCC3C(=O)N2CCN(c3ccc(F)cc3)CC2)cc1. The molecule has 34 heavy (non-hydrogen) atoms. The Labute approximate surface area is 201 Å². The molecule has 3 aromatic rings. The van der Waals surface area contributed by atoms with E-state index < -0.39 is 0 Å². The number of hydrogen-bond acceptors (Lipinski definition) is 6. The molecule has 1 N–H and O–H groups in total. The summed E-state index contributed by atoms with van der Waals surface area (Å²) in [4.78, 5) is 35.6. The Balaban J connectivity index is 1.21. The summed E-state index contributed by atoms with van der Waals surface area (Å²) in [6, 6.07) is 13.3. The summed E-state index contributed by atoms with van der Waals surface area (Å²) in [5.41, 5.74) is 2.28. The number of carbonyl (C=O) groups is 2. The summed E-state index contributed by atoms with van der Waals surface area (Å²) in [5.74, 6) is 0.0167. The van der Waals surface area contributed by atoms with E-state index in [1.165, 1.54) is 23.5 Å². The quantitative estimate of drug-likeness (QED) is 0.599. The van der Waals surface area contributed by atoms with Crippen LogP contribution >= 0.6 is 11.3 Å². The number of aryl methyl sites for hydroxylation is 1. The fourth-order valence-electron chi connectivity index (χ4n) is 4.49. The lowest BCUT2D eigenvalue weighted by molar-refractivity contribution is -0.133. The van der Waals surface area contributed by atoms with Crippen LogP contribution in [0.3, 0.4) is 0 Å². The van der Waals surface area contributed by atoms with Gasteiger partial charge in [-0.2, -0.15) is 0 Å². The van der Waals surface area contributed by atoms with Crippen LogP contribution in [-0.4, -0.2) is 55.0 Å². The molecule has 5 rings (SSSR count). The van der Waals surface area contributed by atoms with Crippen LogP contribution in [0, 0.1) is 5.82 Å². The smallest absolute Gasteiger partial charge is 0.257 e. The Bertz CT molecular complexity index is 1190. The molecule has 2 heterocycles. The molecule has 2 amide bonds. The molecule has 1 atom stereocenters. The van der Waals surface area contributed by atoms with E-state index in [2.05, 4.69) is 15.2 Å². The highest BCUT2D eigenvalue weighted by Crippen LogP contribution is 2.39. The first kappa shape index (κ1) is 22.3. The van der Waals surface area contributed by atoms with Gasteiger partial charge in [-0.05, 0) is 61.4 Å². The highest BCUT2D eigenvalue weighted by atomic mass is 32.1. The van der Waals surface area contributed by atoms with Crippen molar-refractivity contribution in [3.05, 3.63) is 70.5 Å². The van der Waals surface area contributed by atoms with Crippen molar-refractivity contribution in [1.29, 1.82) is 0 Å². The number of rotatable bonds is 5. The molecule has 2 aromatic carbocycles. The minimum Gasteiger partial charge on any atom is -0.497 e. The van der Waals surface area contributed by atoms with Gasteiger partial charge < -0.3 is 14.5 Å². The number of amides is 2. The summed E-state index contributed by atoms with van der Waals surface area (Å²) < 4.78 is 18.3. The fourth-order valence-corrected chi connectivity index (χ4v) is 5.52. The third kappa shape index (κ3) is 4.48. The van der Waals surface area contributed by atoms with E-state index in [0.29, 0.717) is 42.6 Å². The van der Waals surface area contributed by atoms with E-state index in [0.717, 1.165) is 29.1 Å². The molecule has 1 aliphatic heterocycles. The van der Waals surface area contributed by atoms with E-state index in [9.17, 15) is 14.0 Å². The third-order valence-electron chi connectivity index (χ3n) is 6.37. The minimum absolute atomic E-state index is 0.0934. The van der Waals surface area contributed by atoms with Crippen molar-refractivity contribution < 1.29 is 18.7 Å². The zero-order chi connectivity index (χ0) is 23.7. The molecule has 0 radical (unpaired) electrons. The van der Waals surface area contributed by atoms with Gasteiger partial charge in [0.15, 0.2) is 5.13 Å². The first-order chi connectivity index (χ1) is 16.5. The first-order valence-corrected chi connectivity index (χ1v) is 12.1. The maximum Gasteiger partial charge on any atom is 0.257 e. The van der Waals surface area contributed by atoms with Gasteiger partial charge in [0, 0.05) is 42.3 Å². The zero-order valence-electron chi connectivity index (χ0n) is 18.8. The third-order valence-corrected chi connectivity index (χ3v) is 7.42. The molecule has 2 aliphatic rings. The van der Waals surface area contributed by atoms with Crippen LogP contribution in [0.1, 0.15) is 33.3 Å². The second-order valence-electron chi connectivity index (χ2n) is 8.39. The molecule has 0 spiro atoms. The molecule has 1 saturated heterocycles. The van der Waals surface area contributed by atoms with Crippen LogP contribution in [0.15, 0.2) is 48.5 Å². The van der Waals surface area contributed by atoms with Crippen LogP contribution in [0.25, 0.3) is 0 Å². The van der Waals surface area contributed by atoms with Gasteiger partial charge in [-0.3, -0.25) is 14.9 Å². The Morgan fingerprint density at radius 2 is 1.76 bits per heavy atom. The standard InChI is InChI=1S/C25H25FN4O3S/c1-33-19-8-2-16(3-9-19)23(31)28-25-27-22-20(10-11-21(22)34-25)24(32)30-14-12-29(13-15-30)18-6-4-17(26)5-7-18/h2-9,20H,10-15H2,1H3,(H,27,28,31). The number of fused-ring (bicyclic) bond motifs is 1. The number of ether oxygens (including phenoxy) is 1. The van der Waals surface area contributed by atoms with Crippen molar-refractivity contribution in [2.24, 2.45) is 0 Å². The van der Waals surface area contributed by atoms with Crippen molar-refractivity contribution in [1.82, 2.24) is 9.88 Å². The van der Waals surface area contributed by atoms with Gasteiger partial charge in [0.1, 0.15) is 11.6 Å². The zero-order valence-corrected chi connectivity index (χ0v) is 19.6. The minimum atomic E-state index is -0.268. The maximum absolute atomic E-state index is 13.3. The molecule has 1 aliphatic carbocycles. The van der Waals surface area contributed by atoms with Gasteiger partial charge in [0.05, 0.1) is 18.7 Å². The second-order valence-corrected chi connectivity index (χ2v) is 9.47. The number of anilines is 2. The molecule has 176 valence electrons. The van der Waals surface area contributed by atoms with Gasteiger partial charge >= 0.3 is 0 Å². The van der Waals surface area contributed by atoms with Crippen LogP contribution in [0.4, 0.5) is 15.2 Å². The largest absolute Gasteiger partial charge is 0.497 e. The number of thiazole rings is 1.